The first kappa shape index (κ1) is 23.4. The molecule has 0 fully saturated rings. The van der Waals surface area contributed by atoms with Crippen molar-refractivity contribution < 1.29 is 33.0 Å². The molecule has 3 atom stereocenters. The van der Waals surface area contributed by atoms with E-state index in [9.17, 15) is 14.4 Å². The highest BCUT2D eigenvalue weighted by Gasteiger charge is 2.63. The molecule has 8 heteroatoms. The van der Waals surface area contributed by atoms with E-state index in [-0.39, 0.29) is 11.5 Å². The van der Waals surface area contributed by atoms with Crippen LogP contribution in [0.5, 0.6) is 0 Å². The lowest BCUT2D eigenvalue weighted by Crippen LogP contribution is -2.61. The Morgan fingerprint density at radius 3 is 2.04 bits per heavy atom. The minimum absolute atomic E-state index is 0.0990. The van der Waals surface area contributed by atoms with E-state index in [4.69, 9.17) is 13.9 Å². The van der Waals surface area contributed by atoms with E-state index >= 15 is 0 Å². The second kappa shape index (κ2) is 7.75. The van der Waals surface area contributed by atoms with Crippen LogP contribution in [0.25, 0.3) is 0 Å². The number of methoxy groups -OCH3 is 2. The maximum absolute atomic E-state index is 12.9. The van der Waals surface area contributed by atoms with E-state index in [1.54, 1.807) is 26.0 Å². The summed E-state index contributed by atoms with van der Waals surface area (Å²) in [5.74, 6) is -1.45. The van der Waals surface area contributed by atoms with Crippen LogP contribution in [-0.2, 0) is 28.2 Å². The van der Waals surface area contributed by atoms with Gasteiger partial charge in [0.1, 0.15) is 5.41 Å². The number of carbonyl (C=O) groups is 3. The molecule has 0 radical (unpaired) electrons. The highest BCUT2D eigenvalue weighted by Crippen LogP contribution is 2.52. The van der Waals surface area contributed by atoms with Crippen molar-refractivity contribution in [2.45, 2.75) is 65.3 Å². The van der Waals surface area contributed by atoms with Crippen LogP contribution in [0.4, 0.5) is 4.79 Å². The molecule has 0 amide bonds. The molecular formula is C19H32O7Si. The lowest BCUT2D eigenvalue weighted by Gasteiger charge is -2.50. The predicted molar refractivity (Wildman–Crippen MR) is 103 cm³/mol. The van der Waals surface area contributed by atoms with Crippen molar-refractivity contribution in [3.63, 3.8) is 0 Å². The number of ether oxygens (including phenoxy) is 3. The molecule has 0 heterocycles. The van der Waals surface area contributed by atoms with Gasteiger partial charge < -0.3 is 18.6 Å². The first-order chi connectivity index (χ1) is 12.2. The first-order valence-corrected chi connectivity index (χ1v) is 11.8. The number of carbonyl (C=O) groups excluding carboxylic acids is 3. The van der Waals surface area contributed by atoms with Gasteiger partial charge in [0, 0.05) is 0 Å². The van der Waals surface area contributed by atoms with Crippen molar-refractivity contribution in [1.82, 2.24) is 0 Å². The third-order valence-corrected chi connectivity index (χ3v) is 10.6. The van der Waals surface area contributed by atoms with E-state index in [0.717, 1.165) is 7.11 Å². The minimum Gasteiger partial charge on any atom is -0.468 e. The number of esters is 2. The topological polar surface area (TPSA) is 88.1 Å². The molecule has 1 aliphatic rings. The zero-order valence-corrected chi connectivity index (χ0v) is 18.8. The van der Waals surface area contributed by atoms with Crippen LogP contribution in [0, 0.1) is 10.8 Å². The van der Waals surface area contributed by atoms with Crippen molar-refractivity contribution in [2.24, 2.45) is 10.8 Å². The molecule has 0 unspecified atom stereocenters. The van der Waals surface area contributed by atoms with Gasteiger partial charge in [0.25, 0.3) is 0 Å². The van der Waals surface area contributed by atoms with Crippen LogP contribution in [0.15, 0.2) is 12.2 Å². The molecule has 154 valence electrons. The summed E-state index contributed by atoms with van der Waals surface area (Å²) >= 11 is 0. The fraction of sp³-hybridized carbons (Fsp3) is 0.737. The van der Waals surface area contributed by atoms with E-state index in [0.29, 0.717) is 0 Å². The number of allylic oxidation sites excluding steroid dienone is 1. The Morgan fingerprint density at radius 1 is 1.04 bits per heavy atom. The molecule has 27 heavy (non-hydrogen) atoms. The van der Waals surface area contributed by atoms with E-state index in [2.05, 4.69) is 38.6 Å². The number of hydrogen-bond donors (Lipinski definition) is 0. The van der Waals surface area contributed by atoms with Gasteiger partial charge in [-0.25, -0.2) is 4.79 Å². The quantitative estimate of drug-likeness (QED) is 0.307. The standard InChI is InChI=1S/C19H32O7Si/c1-17(2,3)27(8,9)26-13-11-10-12-18(4,14(20)25-16(22)24-7)19(13,5)15(21)23-6/h10-11,13H,12H2,1-9H3/t13-,18+,19-/m0/s1. The summed E-state index contributed by atoms with van der Waals surface area (Å²) in [5.41, 5.74) is -2.74. The summed E-state index contributed by atoms with van der Waals surface area (Å²) in [5, 5.41) is -0.0990. The summed E-state index contributed by atoms with van der Waals surface area (Å²) in [6, 6.07) is 0. The van der Waals surface area contributed by atoms with Gasteiger partial charge in [-0.15, -0.1) is 0 Å². The molecule has 0 saturated carbocycles. The molecule has 0 saturated heterocycles. The highest BCUT2D eigenvalue weighted by molar-refractivity contribution is 6.74. The summed E-state index contributed by atoms with van der Waals surface area (Å²) in [6.07, 6.45) is 1.96. The predicted octanol–water partition coefficient (Wildman–Crippen LogP) is 3.83. The van der Waals surface area contributed by atoms with Crippen molar-refractivity contribution in [2.75, 3.05) is 14.2 Å². The third kappa shape index (κ3) is 4.11. The van der Waals surface area contributed by atoms with E-state index in [1.807, 2.05) is 0 Å². The molecule has 0 aliphatic heterocycles. The summed E-state index contributed by atoms with van der Waals surface area (Å²) in [6.45, 7) is 13.6. The lowest BCUT2D eigenvalue weighted by atomic mass is 9.58. The second-order valence-corrected chi connectivity index (χ2v) is 13.6. The van der Waals surface area contributed by atoms with Crippen LogP contribution in [-0.4, -0.2) is 46.7 Å². The highest BCUT2D eigenvalue weighted by atomic mass is 28.4. The van der Waals surface area contributed by atoms with Crippen LogP contribution < -0.4 is 0 Å². The van der Waals surface area contributed by atoms with Gasteiger partial charge in [-0.05, 0) is 38.4 Å². The minimum atomic E-state index is -2.28. The molecule has 1 aliphatic carbocycles. The Hall–Kier alpha value is -1.67. The summed E-state index contributed by atoms with van der Waals surface area (Å²) < 4.78 is 20.7. The Labute approximate surface area is 162 Å². The molecule has 0 aromatic heterocycles. The molecule has 0 spiro atoms. The maximum Gasteiger partial charge on any atom is 0.515 e. The van der Waals surface area contributed by atoms with Crippen LogP contribution in [0.2, 0.25) is 18.1 Å². The smallest absolute Gasteiger partial charge is 0.468 e. The van der Waals surface area contributed by atoms with Gasteiger partial charge in [-0.3, -0.25) is 9.59 Å². The molecular weight excluding hydrogens is 368 g/mol. The van der Waals surface area contributed by atoms with Gasteiger partial charge in [-0.2, -0.15) is 0 Å². The maximum atomic E-state index is 12.9. The van der Waals surface area contributed by atoms with Crippen molar-refractivity contribution in [3.8, 4) is 0 Å². The largest absolute Gasteiger partial charge is 0.515 e. The van der Waals surface area contributed by atoms with Gasteiger partial charge in [-0.1, -0.05) is 32.9 Å². The van der Waals surface area contributed by atoms with Gasteiger partial charge in [0.05, 0.1) is 25.7 Å². The zero-order valence-electron chi connectivity index (χ0n) is 17.8. The normalized spacial score (nSPS) is 28.4. The average Bonchev–Trinajstić information content (AvgIpc) is 2.56. The summed E-state index contributed by atoms with van der Waals surface area (Å²) in [7, 11) is 0.0992. The Bertz CT molecular complexity index is 634. The Balaban J connectivity index is 3.44. The fourth-order valence-corrected chi connectivity index (χ4v) is 4.18. The molecule has 7 nitrogen and oxygen atoms in total. The van der Waals surface area contributed by atoms with Crippen molar-refractivity contribution in [1.29, 1.82) is 0 Å². The third-order valence-electron chi connectivity index (χ3n) is 6.18. The molecule has 1 rings (SSSR count). The van der Waals surface area contributed by atoms with Gasteiger partial charge in [0.15, 0.2) is 8.32 Å². The van der Waals surface area contributed by atoms with Crippen molar-refractivity contribution in [3.05, 3.63) is 12.2 Å². The Morgan fingerprint density at radius 2 is 1.59 bits per heavy atom. The average molecular weight is 401 g/mol. The van der Waals surface area contributed by atoms with Crippen LogP contribution >= 0.6 is 0 Å². The van der Waals surface area contributed by atoms with E-state index < -0.39 is 43.3 Å². The number of rotatable bonds is 4. The number of hydrogen-bond acceptors (Lipinski definition) is 7. The second-order valence-electron chi connectivity index (χ2n) is 8.80. The molecule has 0 aromatic rings. The molecule has 0 bridgehead atoms. The molecule has 0 N–H and O–H groups in total. The van der Waals surface area contributed by atoms with Crippen LogP contribution in [0.3, 0.4) is 0 Å². The monoisotopic (exact) mass is 400 g/mol. The first-order valence-electron chi connectivity index (χ1n) is 8.90. The SMILES string of the molecule is COC(=O)OC(=O)[C@@]1(C)CC=C[C@H](O[Si](C)(C)C(C)(C)C)[C@@]1(C)C(=O)OC. The summed E-state index contributed by atoms with van der Waals surface area (Å²) in [4.78, 5) is 37.2. The van der Waals surface area contributed by atoms with Gasteiger partial charge in [0.2, 0.25) is 0 Å². The Kier molecular flexibility index (Phi) is 6.71. The lowest BCUT2D eigenvalue weighted by molar-refractivity contribution is -0.183. The fourth-order valence-electron chi connectivity index (χ4n) is 2.88. The van der Waals surface area contributed by atoms with Crippen molar-refractivity contribution >= 4 is 26.4 Å². The van der Waals surface area contributed by atoms with Crippen LogP contribution in [0.1, 0.15) is 41.0 Å². The molecule has 0 aromatic carbocycles. The van der Waals surface area contributed by atoms with E-state index in [1.165, 1.54) is 7.11 Å². The van der Waals surface area contributed by atoms with Gasteiger partial charge >= 0.3 is 18.1 Å². The zero-order chi connectivity index (χ0) is 21.3.